The molecule has 1 aromatic heterocycles. The van der Waals surface area contributed by atoms with E-state index in [1.807, 2.05) is 50.4 Å². The molecule has 1 aliphatic heterocycles. The molecule has 4 rings (SSSR count). The summed E-state index contributed by atoms with van der Waals surface area (Å²) < 4.78 is 7.47. The summed E-state index contributed by atoms with van der Waals surface area (Å²) in [6.07, 6.45) is 6.62. The van der Waals surface area contributed by atoms with Gasteiger partial charge in [-0.15, -0.1) is 0 Å². The summed E-state index contributed by atoms with van der Waals surface area (Å²) in [6.45, 7) is 4.95. The third-order valence-corrected chi connectivity index (χ3v) is 5.17. The number of anilines is 1. The molecule has 2 heterocycles. The molecule has 1 N–H and O–H groups in total. The van der Waals surface area contributed by atoms with Crippen molar-refractivity contribution in [3.63, 3.8) is 0 Å². The second kappa shape index (κ2) is 9.62. The average Bonchev–Trinajstić information content (AvgIpc) is 3.27. The molecule has 2 amide bonds. The van der Waals surface area contributed by atoms with Crippen LogP contribution in [0.4, 0.5) is 5.69 Å². The highest BCUT2D eigenvalue weighted by Gasteiger charge is 2.27. The molecule has 1 aliphatic rings. The molecule has 0 bridgehead atoms. The zero-order chi connectivity index (χ0) is 22.5. The van der Waals surface area contributed by atoms with E-state index >= 15 is 0 Å². The normalized spacial score (nSPS) is 18.6. The van der Waals surface area contributed by atoms with Gasteiger partial charge in [0.2, 0.25) is 5.91 Å². The van der Waals surface area contributed by atoms with Crippen LogP contribution < -0.4 is 5.32 Å². The molecule has 0 saturated carbocycles. The number of carbonyl (C=O) groups is 2. The SMILES string of the molecule is CC1CN(C(=O)c2ccccc2NC(=O)C=Cc2cnn(-c3ccccc3)c2)CC(C)O1. The highest BCUT2D eigenvalue weighted by atomic mass is 16.5. The summed E-state index contributed by atoms with van der Waals surface area (Å²) in [4.78, 5) is 27.4. The van der Waals surface area contributed by atoms with Crippen molar-refractivity contribution in [1.29, 1.82) is 0 Å². The Morgan fingerprint density at radius 1 is 1.03 bits per heavy atom. The van der Waals surface area contributed by atoms with Gasteiger partial charge in [-0.05, 0) is 44.2 Å². The molecule has 0 aliphatic carbocycles. The van der Waals surface area contributed by atoms with Gasteiger partial charge in [0.15, 0.2) is 0 Å². The Balaban J connectivity index is 1.44. The molecule has 2 aromatic carbocycles. The molecule has 32 heavy (non-hydrogen) atoms. The lowest BCUT2D eigenvalue weighted by atomic mass is 10.1. The van der Waals surface area contributed by atoms with E-state index in [9.17, 15) is 9.59 Å². The van der Waals surface area contributed by atoms with Crippen molar-refractivity contribution in [1.82, 2.24) is 14.7 Å². The maximum absolute atomic E-state index is 13.1. The standard InChI is InChI=1S/C25H26N4O3/c1-18-15-28(16-19(2)32-18)25(31)22-10-6-7-11-23(22)27-24(30)13-12-20-14-26-29(17-20)21-8-4-3-5-9-21/h3-14,17-19H,15-16H2,1-2H3,(H,27,30). The fourth-order valence-electron chi connectivity index (χ4n) is 3.78. The molecule has 3 aromatic rings. The van der Waals surface area contributed by atoms with E-state index in [-0.39, 0.29) is 24.0 Å². The van der Waals surface area contributed by atoms with E-state index in [0.29, 0.717) is 24.3 Å². The molecule has 1 saturated heterocycles. The van der Waals surface area contributed by atoms with Gasteiger partial charge in [0, 0.05) is 30.9 Å². The van der Waals surface area contributed by atoms with Crippen LogP contribution in [0.1, 0.15) is 29.8 Å². The first-order chi connectivity index (χ1) is 15.5. The van der Waals surface area contributed by atoms with E-state index in [2.05, 4.69) is 10.4 Å². The van der Waals surface area contributed by atoms with Crippen LogP contribution in [-0.4, -0.2) is 51.8 Å². The van der Waals surface area contributed by atoms with E-state index < -0.39 is 0 Å². The highest BCUT2D eigenvalue weighted by Crippen LogP contribution is 2.20. The lowest BCUT2D eigenvalue weighted by Gasteiger charge is -2.35. The molecule has 2 unspecified atom stereocenters. The molecule has 1 fully saturated rings. The van der Waals surface area contributed by atoms with Gasteiger partial charge in [0.05, 0.1) is 35.3 Å². The number of benzene rings is 2. The number of amides is 2. The van der Waals surface area contributed by atoms with E-state index in [4.69, 9.17) is 4.74 Å². The van der Waals surface area contributed by atoms with E-state index in [1.54, 1.807) is 46.1 Å². The summed E-state index contributed by atoms with van der Waals surface area (Å²) in [6, 6.07) is 16.8. The fourth-order valence-corrected chi connectivity index (χ4v) is 3.78. The maximum Gasteiger partial charge on any atom is 0.256 e. The van der Waals surface area contributed by atoms with Crippen LogP contribution in [0.2, 0.25) is 0 Å². The summed E-state index contributed by atoms with van der Waals surface area (Å²) >= 11 is 0. The van der Waals surface area contributed by atoms with Crippen LogP contribution in [-0.2, 0) is 9.53 Å². The van der Waals surface area contributed by atoms with Crippen LogP contribution in [0.25, 0.3) is 11.8 Å². The Hall–Kier alpha value is -3.71. The Morgan fingerprint density at radius 3 is 2.47 bits per heavy atom. The summed E-state index contributed by atoms with van der Waals surface area (Å²) in [5.41, 5.74) is 2.69. The largest absolute Gasteiger partial charge is 0.372 e. The number of hydrogen-bond donors (Lipinski definition) is 1. The predicted octanol–water partition coefficient (Wildman–Crippen LogP) is 3.77. The highest BCUT2D eigenvalue weighted by molar-refractivity contribution is 6.07. The smallest absolute Gasteiger partial charge is 0.256 e. The van der Waals surface area contributed by atoms with Gasteiger partial charge in [-0.2, -0.15) is 5.10 Å². The minimum atomic E-state index is -0.318. The zero-order valence-electron chi connectivity index (χ0n) is 18.1. The fraction of sp³-hybridized carbons (Fsp3) is 0.240. The van der Waals surface area contributed by atoms with Gasteiger partial charge in [0.1, 0.15) is 0 Å². The third-order valence-electron chi connectivity index (χ3n) is 5.17. The van der Waals surface area contributed by atoms with Gasteiger partial charge >= 0.3 is 0 Å². The Bertz CT molecular complexity index is 1110. The van der Waals surface area contributed by atoms with Gasteiger partial charge in [-0.3, -0.25) is 9.59 Å². The number of nitrogens with one attached hydrogen (secondary N) is 1. The van der Waals surface area contributed by atoms with Crippen LogP contribution in [0, 0.1) is 0 Å². The lowest BCUT2D eigenvalue weighted by Crippen LogP contribution is -2.48. The molecule has 7 heteroatoms. The molecule has 7 nitrogen and oxygen atoms in total. The van der Waals surface area contributed by atoms with Crippen molar-refractivity contribution in [2.24, 2.45) is 0 Å². The predicted molar refractivity (Wildman–Crippen MR) is 124 cm³/mol. The average molecular weight is 431 g/mol. The molecule has 0 spiro atoms. The van der Waals surface area contributed by atoms with E-state index in [0.717, 1.165) is 11.3 Å². The number of aromatic nitrogens is 2. The number of nitrogens with zero attached hydrogens (tertiary/aromatic N) is 3. The summed E-state index contributed by atoms with van der Waals surface area (Å²) in [5.74, 6) is -0.433. The lowest BCUT2D eigenvalue weighted by molar-refractivity contribution is -0.111. The van der Waals surface area contributed by atoms with Crippen LogP contribution in [0.3, 0.4) is 0 Å². The van der Waals surface area contributed by atoms with Crippen LogP contribution >= 0.6 is 0 Å². The van der Waals surface area contributed by atoms with Gasteiger partial charge in [-0.25, -0.2) is 4.68 Å². The van der Waals surface area contributed by atoms with Crippen molar-refractivity contribution in [3.8, 4) is 5.69 Å². The maximum atomic E-state index is 13.1. The second-order valence-corrected chi connectivity index (χ2v) is 7.89. The minimum absolute atomic E-state index is 0.0239. The van der Waals surface area contributed by atoms with Crippen molar-refractivity contribution < 1.29 is 14.3 Å². The van der Waals surface area contributed by atoms with Crippen LogP contribution in [0.15, 0.2) is 73.1 Å². The molecule has 2 atom stereocenters. The number of ether oxygens (including phenoxy) is 1. The topological polar surface area (TPSA) is 76.5 Å². The Kier molecular flexibility index (Phi) is 6.47. The van der Waals surface area contributed by atoms with Gasteiger partial charge < -0.3 is 15.0 Å². The molecule has 164 valence electrons. The number of morpholine rings is 1. The van der Waals surface area contributed by atoms with Crippen molar-refractivity contribution in [2.75, 3.05) is 18.4 Å². The van der Waals surface area contributed by atoms with Gasteiger partial charge in [0.25, 0.3) is 5.91 Å². The third kappa shape index (κ3) is 5.12. The second-order valence-electron chi connectivity index (χ2n) is 7.89. The number of para-hydroxylation sites is 2. The number of hydrogen-bond acceptors (Lipinski definition) is 4. The summed E-state index contributed by atoms with van der Waals surface area (Å²) in [5, 5.41) is 7.15. The first kappa shape index (κ1) is 21.5. The first-order valence-corrected chi connectivity index (χ1v) is 10.6. The Labute approximate surface area is 187 Å². The molecular weight excluding hydrogens is 404 g/mol. The minimum Gasteiger partial charge on any atom is -0.372 e. The van der Waals surface area contributed by atoms with Gasteiger partial charge in [-0.1, -0.05) is 30.3 Å². The van der Waals surface area contributed by atoms with Crippen LogP contribution in [0.5, 0.6) is 0 Å². The zero-order valence-corrected chi connectivity index (χ0v) is 18.1. The van der Waals surface area contributed by atoms with Crippen molar-refractivity contribution >= 4 is 23.6 Å². The quantitative estimate of drug-likeness (QED) is 0.625. The van der Waals surface area contributed by atoms with E-state index in [1.165, 1.54) is 6.08 Å². The van der Waals surface area contributed by atoms with Crippen molar-refractivity contribution in [2.45, 2.75) is 26.1 Å². The van der Waals surface area contributed by atoms with Crippen molar-refractivity contribution in [3.05, 3.63) is 84.2 Å². The Morgan fingerprint density at radius 2 is 1.72 bits per heavy atom. The number of rotatable bonds is 5. The summed E-state index contributed by atoms with van der Waals surface area (Å²) in [7, 11) is 0. The monoisotopic (exact) mass is 430 g/mol. The molecule has 0 radical (unpaired) electrons. The molecular formula is C25H26N4O3. The number of carbonyl (C=O) groups excluding carboxylic acids is 2. The first-order valence-electron chi connectivity index (χ1n) is 10.6.